The second-order valence-electron chi connectivity index (χ2n) is 8.86. The summed E-state index contributed by atoms with van der Waals surface area (Å²) in [7, 11) is 1.17. The molecular weight excluding hydrogens is 445 g/mol. The van der Waals surface area contributed by atoms with Gasteiger partial charge in [-0.15, -0.1) is 0 Å². The van der Waals surface area contributed by atoms with Crippen LogP contribution in [-0.4, -0.2) is 23.6 Å². The first-order valence-corrected chi connectivity index (χ1v) is 11.3. The summed E-state index contributed by atoms with van der Waals surface area (Å²) in [5.41, 5.74) is 0.352. The number of hydrogen-bond acceptors (Lipinski definition) is 3. The van der Waals surface area contributed by atoms with E-state index in [2.05, 4.69) is 9.88 Å². The number of nitrogens with one attached hydrogen (secondary N) is 1. The Morgan fingerprint density at radius 1 is 1.15 bits per heavy atom. The van der Waals surface area contributed by atoms with Gasteiger partial charge >= 0.3 is 6.18 Å². The van der Waals surface area contributed by atoms with Crippen LogP contribution < -0.4 is 14.8 Å². The largest absolute Gasteiger partial charge is 0.496 e. The standard InChI is InChI=1S/C26H25F3N2O3/c1-33-21-12-11-17(15-19(21)26(27,28)29)24(32)30-18-7-4-5-13-25(16-18)23-10-6-14-31(23)20-8-2-3-9-22(20)34-25/h2-3,6,8-12,14-15,18H,4-5,7,13,16H2,1H3,(H,30,32). The number of amides is 1. The van der Waals surface area contributed by atoms with Gasteiger partial charge in [0.1, 0.15) is 11.5 Å². The van der Waals surface area contributed by atoms with Crippen LogP contribution in [0.5, 0.6) is 11.5 Å². The Morgan fingerprint density at radius 3 is 2.76 bits per heavy atom. The van der Waals surface area contributed by atoms with Gasteiger partial charge in [0.05, 0.1) is 24.1 Å². The second kappa shape index (κ2) is 8.42. The lowest BCUT2D eigenvalue weighted by Crippen LogP contribution is -2.45. The topological polar surface area (TPSA) is 52.5 Å². The van der Waals surface area contributed by atoms with E-state index >= 15 is 0 Å². The normalized spacial score (nSPS) is 21.7. The number of ether oxygens (including phenoxy) is 2. The van der Waals surface area contributed by atoms with Gasteiger partial charge in [0, 0.05) is 24.2 Å². The molecule has 8 heteroatoms. The van der Waals surface area contributed by atoms with Crippen LogP contribution in [0.25, 0.3) is 5.69 Å². The number of halogens is 3. The minimum Gasteiger partial charge on any atom is -0.496 e. The molecule has 5 nitrogen and oxygen atoms in total. The van der Waals surface area contributed by atoms with Crippen molar-refractivity contribution in [1.82, 2.24) is 9.88 Å². The molecule has 2 heterocycles. The molecule has 1 saturated carbocycles. The summed E-state index contributed by atoms with van der Waals surface area (Å²) >= 11 is 0. The first-order valence-electron chi connectivity index (χ1n) is 11.3. The Kier molecular flexibility index (Phi) is 5.54. The number of hydrogen-bond donors (Lipinski definition) is 1. The number of nitrogens with zero attached hydrogens (tertiary/aromatic N) is 1. The Bertz CT molecular complexity index is 1220. The minimum atomic E-state index is -4.62. The molecular formula is C26H25F3N2O3. The van der Waals surface area contributed by atoms with E-state index < -0.39 is 23.2 Å². The third-order valence-electron chi connectivity index (χ3n) is 6.71. The highest BCUT2D eigenvalue weighted by Crippen LogP contribution is 2.46. The van der Waals surface area contributed by atoms with Crippen LogP contribution >= 0.6 is 0 Å². The van der Waals surface area contributed by atoms with E-state index in [4.69, 9.17) is 9.47 Å². The van der Waals surface area contributed by atoms with Gasteiger partial charge in [0.15, 0.2) is 5.60 Å². The fourth-order valence-electron chi connectivity index (χ4n) is 5.16. The fourth-order valence-corrected chi connectivity index (χ4v) is 5.16. The van der Waals surface area contributed by atoms with Crippen molar-refractivity contribution < 1.29 is 27.4 Å². The minimum absolute atomic E-state index is 0.0512. The molecule has 1 aliphatic carbocycles. The number of fused-ring (bicyclic) bond motifs is 4. The SMILES string of the molecule is COc1ccc(C(=O)NC2CCCCC3(C2)Oc2ccccc2-n2cccc23)cc1C(F)(F)F. The van der Waals surface area contributed by atoms with Gasteiger partial charge in [-0.2, -0.15) is 13.2 Å². The fraction of sp³-hybridized carbons (Fsp3) is 0.346. The molecule has 0 radical (unpaired) electrons. The number of carbonyl (C=O) groups excluding carboxylic acids is 1. The summed E-state index contributed by atoms with van der Waals surface area (Å²) in [6, 6.07) is 15.0. The van der Waals surface area contributed by atoms with Crippen LogP contribution in [0.1, 0.15) is 53.7 Å². The molecule has 2 atom stereocenters. The first kappa shape index (κ1) is 22.4. The first-order chi connectivity index (χ1) is 16.3. The maximum Gasteiger partial charge on any atom is 0.419 e. The lowest BCUT2D eigenvalue weighted by atomic mass is 9.87. The van der Waals surface area contributed by atoms with Gasteiger partial charge in [-0.25, -0.2) is 0 Å². The van der Waals surface area contributed by atoms with Crippen LogP contribution in [0, 0.1) is 0 Å². The number of carbonyl (C=O) groups is 1. The molecule has 1 spiro atoms. The highest BCUT2D eigenvalue weighted by atomic mass is 19.4. The van der Waals surface area contributed by atoms with Crippen molar-refractivity contribution in [3.63, 3.8) is 0 Å². The molecule has 34 heavy (non-hydrogen) atoms. The Balaban J connectivity index is 1.42. The van der Waals surface area contributed by atoms with Gasteiger partial charge in [0.25, 0.3) is 5.91 Å². The Morgan fingerprint density at radius 2 is 1.97 bits per heavy atom. The van der Waals surface area contributed by atoms with E-state index in [0.717, 1.165) is 48.9 Å². The summed E-state index contributed by atoms with van der Waals surface area (Å²) in [4.78, 5) is 13.0. The molecule has 178 valence electrons. The molecule has 0 saturated heterocycles. The van der Waals surface area contributed by atoms with E-state index in [1.165, 1.54) is 19.2 Å². The summed E-state index contributed by atoms with van der Waals surface area (Å²) in [5, 5.41) is 2.97. The van der Waals surface area contributed by atoms with E-state index in [0.29, 0.717) is 6.42 Å². The predicted octanol–water partition coefficient (Wildman–Crippen LogP) is 5.86. The lowest BCUT2D eigenvalue weighted by molar-refractivity contribution is -0.138. The van der Waals surface area contributed by atoms with Crippen LogP contribution in [0.15, 0.2) is 60.8 Å². The van der Waals surface area contributed by atoms with E-state index in [1.807, 2.05) is 42.6 Å². The zero-order valence-corrected chi connectivity index (χ0v) is 18.7. The van der Waals surface area contributed by atoms with Crippen LogP contribution in [-0.2, 0) is 11.8 Å². The van der Waals surface area contributed by atoms with Gasteiger partial charge in [0.2, 0.25) is 0 Å². The number of para-hydroxylation sites is 2. The van der Waals surface area contributed by atoms with Crippen molar-refractivity contribution >= 4 is 5.91 Å². The van der Waals surface area contributed by atoms with Gasteiger partial charge in [-0.05, 0) is 61.7 Å². The van der Waals surface area contributed by atoms with Crippen LogP contribution in [0.2, 0.25) is 0 Å². The average Bonchev–Trinajstić information content (AvgIpc) is 3.24. The van der Waals surface area contributed by atoms with Gasteiger partial charge in [-0.3, -0.25) is 4.79 Å². The zero-order chi connectivity index (χ0) is 23.9. The summed E-state index contributed by atoms with van der Waals surface area (Å²) < 4.78 is 53.9. The monoisotopic (exact) mass is 470 g/mol. The molecule has 2 aliphatic rings. The third kappa shape index (κ3) is 3.91. The molecule has 5 rings (SSSR count). The summed E-state index contributed by atoms with van der Waals surface area (Å²) in [6.07, 6.45) is 1.23. The number of benzene rings is 2. The Labute approximate surface area is 195 Å². The van der Waals surface area contributed by atoms with Crippen LogP contribution in [0.4, 0.5) is 13.2 Å². The number of alkyl halides is 3. The molecule has 2 aromatic carbocycles. The molecule has 1 aromatic heterocycles. The van der Waals surface area contributed by atoms with Crippen molar-refractivity contribution in [2.45, 2.75) is 49.9 Å². The lowest BCUT2D eigenvalue weighted by Gasteiger charge is -2.40. The van der Waals surface area contributed by atoms with Crippen molar-refractivity contribution in [2.24, 2.45) is 0 Å². The van der Waals surface area contributed by atoms with Crippen LogP contribution in [0.3, 0.4) is 0 Å². The number of aromatic nitrogens is 1. The molecule has 1 amide bonds. The van der Waals surface area contributed by atoms with Gasteiger partial charge in [-0.1, -0.05) is 18.6 Å². The van der Waals surface area contributed by atoms with Crippen molar-refractivity contribution in [1.29, 1.82) is 0 Å². The highest BCUT2D eigenvalue weighted by Gasteiger charge is 2.44. The molecule has 1 aliphatic heterocycles. The molecule has 1 fully saturated rings. The van der Waals surface area contributed by atoms with E-state index in [-0.39, 0.29) is 17.4 Å². The third-order valence-corrected chi connectivity index (χ3v) is 6.71. The summed E-state index contributed by atoms with van der Waals surface area (Å²) in [5.74, 6) is -0.0718. The molecule has 2 unspecified atom stereocenters. The van der Waals surface area contributed by atoms with Crippen molar-refractivity contribution in [3.8, 4) is 17.2 Å². The summed E-state index contributed by atoms with van der Waals surface area (Å²) in [6.45, 7) is 0. The number of rotatable bonds is 3. The van der Waals surface area contributed by atoms with E-state index in [1.54, 1.807) is 0 Å². The average molecular weight is 470 g/mol. The second-order valence-corrected chi connectivity index (χ2v) is 8.86. The van der Waals surface area contributed by atoms with Gasteiger partial charge < -0.3 is 19.4 Å². The molecule has 3 aromatic rings. The smallest absolute Gasteiger partial charge is 0.419 e. The quantitative estimate of drug-likeness (QED) is 0.522. The highest BCUT2D eigenvalue weighted by molar-refractivity contribution is 5.94. The maximum absolute atomic E-state index is 13.4. The maximum atomic E-state index is 13.4. The Hall–Kier alpha value is -3.42. The molecule has 1 N–H and O–H groups in total. The molecule has 0 bridgehead atoms. The van der Waals surface area contributed by atoms with Crippen molar-refractivity contribution in [3.05, 3.63) is 77.6 Å². The predicted molar refractivity (Wildman–Crippen MR) is 120 cm³/mol. The van der Waals surface area contributed by atoms with Crippen molar-refractivity contribution in [2.75, 3.05) is 7.11 Å². The number of methoxy groups -OCH3 is 1. The van der Waals surface area contributed by atoms with E-state index in [9.17, 15) is 18.0 Å². The zero-order valence-electron chi connectivity index (χ0n) is 18.7.